The Kier molecular flexibility index (Phi) is 5.61. The van der Waals surface area contributed by atoms with Crippen LogP contribution in [0.3, 0.4) is 0 Å². The minimum absolute atomic E-state index is 0.0516. The Balaban J connectivity index is 1.73. The van der Waals surface area contributed by atoms with Crippen molar-refractivity contribution in [1.29, 1.82) is 0 Å². The van der Waals surface area contributed by atoms with Crippen LogP contribution in [0.25, 0.3) is 0 Å². The van der Waals surface area contributed by atoms with Gasteiger partial charge in [0.05, 0.1) is 28.6 Å². The molecule has 0 fully saturated rings. The maximum Gasteiger partial charge on any atom is 0.261 e. The van der Waals surface area contributed by atoms with Crippen LogP contribution in [0.2, 0.25) is 0 Å². The van der Waals surface area contributed by atoms with Gasteiger partial charge in [-0.3, -0.25) is 4.72 Å². The third-order valence-corrected chi connectivity index (χ3v) is 4.98. The van der Waals surface area contributed by atoms with Crippen molar-refractivity contribution in [3.05, 3.63) is 72.9 Å². The summed E-state index contributed by atoms with van der Waals surface area (Å²) in [7, 11) is -3.64. The summed E-state index contributed by atoms with van der Waals surface area (Å²) < 4.78 is 33.0. The van der Waals surface area contributed by atoms with Crippen molar-refractivity contribution in [2.45, 2.75) is 24.8 Å². The average Bonchev–Trinajstić information content (AvgIpc) is 2.65. The zero-order valence-electron chi connectivity index (χ0n) is 15.1. The SMILES string of the molecule is CC(C)Oc1ccccc1Nc1ccc(NS(=O)(=O)c2ccccc2)cn1. The maximum absolute atomic E-state index is 12.4. The monoisotopic (exact) mass is 383 g/mol. The summed E-state index contributed by atoms with van der Waals surface area (Å²) in [4.78, 5) is 4.48. The molecule has 140 valence electrons. The molecule has 0 aliphatic carbocycles. The van der Waals surface area contributed by atoms with E-state index in [1.54, 1.807) is 30.3 Å². The van der Waals surface area contributed by atoms with E-state index in [4.69, 9.17) is 4.74 Å². The van der Waals surface area contributed by atoms with Crippen molar-refractivity contribution >= 4 is 27.2 Å². The van der Waals surface area contributed by atoms with E-state index in [0.717, 1.165) is 11.4 Å². The standard InChI is InChI=1S/C20H21N3O3S/c1-15(2)26-19-11-7-6-10-18(19)22-20-13-12-16(14-21-20)23-27(24,25)17-8-4-3-5-9-17/h3-15,23H,1-2H3,(H,21,22). The van der Waals surface area contributed by atoms with E-state index in [2.05, 4.69) is 15.0 Å². The summed E-state index contributed by atoms with van der Waals surface area (Å²) in [5.74, 6) is 1.31. The number of sulfonamides is 1. The lowest BCUT2D eigenvalue weighted by Crippen LogP contribution is -2.13. The number of anilines is 3. The van der Waals surface area contributed by atoms with Gasteiger partial charge < -0.3 is 10.1 Å². The molecule has 7 heteroatoms. The average molecular weight is 383 g/mol. The Labute approximate surface area is 159 Å². The van der Waals surface area contributed by atoms with Gasteiger partial charge in [-0.1, -0.05) is 30.3 Å². The topological polar surface area (TPSA) is 80.3 Å². The van der Waals surface area contributed by atoms with E-state index >= 15 is 0 Å². The highest BCUT2D eigenvalue weighted by atomic mass is 32.2. The number of hydrogen-bond donors (Lipinski definition) is 2. The van der Waals surface area contributed by atoms with Crippen LogP contribution in [-0.2, 0) is 10.0 Å². The number of ether oxygens (including phenoxy) is 1. The van der Waals surface area contributed by atoms with Crippen molar-refractivity contribution in [3.63, 3.8) is 0 Å². The first-order valence-electron chi connectivity index (χ1n) is 8.51. The molecule has 0 spiro atoms. The minimum Gasteiger partial charge on any atom is -0.489 e. The molecular formula is C20H21N3O3S. The molecule has 3 rings (SSSR count). The predicted octanol–water partition coefficient (Wildman–Crippen LogP) is 4.41. The number of aromatic nitrogens is 1. The summed E-state index contributed by atoms with van der Waals surface area (Å²) >= 11 is 0. The molecule has 0 radical (unpaired) electrons. The number of nitrogens with zero attached hydrogens (tertiary/aromatic N) is 1. The van der Waals surface area contributed by atoms with Crippen LogP contribution in [-0.4, -0.2) is 19.5 Å². The normalized spacial score (nSPS) is 11.2. The highest BCUT2D eigenvalue weighted by Gasteiger charge is 2.13. The Morgan fingerprint density at radius 2 is 1.63 bits per heavy atom. The molecule has 0 saturated heterocycles. The lowest BCUT2D eigenvalue weighted by molar-refractivity contribution is 0.244. The van der Waals surface area contributed by atoms with Crippen LogP contribution in [0.15, 0.2) is 77.8 Å². The zero-order valence-corrected chi connectivity index (χ0v) is 15.9. The van der Waals surface area contributed by atoms with E-state index in [-0.39, 0.29) is 11.0 Å². The molecular weight excluding hydrogens is 362 g/mol. The van der Waals surface area contributed by atoms with Crippen molar-refractivity contribution in [1.82, 2.24) is 4.98 Å². The van der Waals surface area contributed by atoms with Crippen LogP contribution in [0, 0.1) is 0 Å². The van der Waals surface area contributed by atoms with Gasteiger partial charge in [-0.05, 0) is 50.2 Å². The summed E-state index contributed by atoms with van der Waals surface area (Å²) in [6.07, 6.45) is 1.52. The van der Waals surface area contributed by atoms with Gasteiger partial charge in [0.25, 0.3) is 10.0 Å². The highest BCUT2D eigenvalue weighted by Crippen LogP contribution is 2.28. The number of para-hydroxylation sites is 2. The molecule has 0 bridgehead atoms. The second-order valence-electron chi connectivity index (χ2n) is 6.14. The smallest absolute Gasteiger partial charge is 0.261 e. The van der Waals surface area contributed by atoms with Crippen molar-refractivity contribution in [2.24, 2.45) is 0 Å². The number of benzene rings is 2. The first kappa shape index (κ1) is 18.7. The zero-order chi connectivity index (χ0) is 19.3. The van der Waals surface area contributed by atoms with Gasteiger partial charge in [-0.2, -0.15) is 0 Å². The van der Waals surface area contributed by atoms with Crippen molar-refractivity contribution in [3.8, 4) is 5.75 Å². The van der Waals surface area contributed by atoms with Gasteiger partial charge in [0, 0.05) is 0 Å². The molecule has 0 atom stereocenters. The van der Waals surface area contributed by atoms with Gasteiger partial charge in [-0.25, -0.2) is 13.4 Å². The van der Waals surface area contributed by atoms with E-state index in [9.17, 15) is 8.42 Å². The minimum atomic E-state index is -3.64. The lowest BCUT2D eigenvalue weighted by Gasteiger charge is -2.15. The van der Waals surface area contributed by atoms with Crippen LogP contribution in [0.4, 0.5) is 17.2 Å². The molecule has 6 nitrogen and oxygen atoms in total. The van der Waals surface area contributed by atoms with Gasteiger partial charge in [-0.15, -0.1) is 0 Å². The van der Waals surface area contributed by atoms with Crippen molar-refractivity contribution in [2.75, 3.05) is 10.0 Å². The summed E-state index contributed by atoms with van der Waals surface area (Å²) in [6, 6.07) is 19.1. The summed E-state index contributed by atoms with van der Waals surface area (Å²) in [5.41, 5.74) is 1.17. The third-order valence-electron chi connectivity index (χ3n) is 3.58. The highest BCUT2D eigenvalue weighted by molar-refractivity contribution is 7.92. The fourth-order valence-electron chi connectivity index (χ4n) is 2.41. The third kappa shape index (κ3) is 4.98. The van der Waals surface area contributed by atoms with E-state index in [0.29, 0.717) is 11.5 Å². The molecule has 0 aliphatic heterocycles. The molecule has 1 heterocycles. The Bertz CT molecular complexity index is 988. The fraction of sp³-hybridized carbons (Fsp3) is 0.150. The molecule has 0 unspecified atom stereocenters. The maximum atomic E-state index is 12.4. The van der Waals surface area contributed by atoms with Gasteiger partial charge in [0.15, 0.2) is 0 Å². The van der Waals surface area contributed by atoms with Gasteiger partial charge in [0.2, 0.25) is 0 Å². The first-order valence-corrected chi connectivity index (χ1v) is 9.99. The van der Waals surface area contributed by atoms with E-state index in [1.807, 2.05) is 38.1 Å². The van der Waals surface area contributed by atoms with Crippen LogP contribution in [0.1, 0.15) is 13.8 Å². The molecule has 0 amide bonds. The molecule has 3 aromatic rings. The van der Waals surface area contributed by atoms with Crippen LogP contribution < -0.4 is 14.8 Å². The van der Waals surface area contributed by atoms with Crippen molar-refractivity contribution < 1.29 is 13.2 Å². The van der Waals surface area contributed by atoms with Gasteiger partial charge in [0.1, 0.15) is 11.6 Å². The Morgan fingerprint density at radius 1 is 0.926 bits per heavy atom. The molecule has 2 N–H and O–H groups in total. The Hall–Kier alpha value is -3.06. The quantitative estimate of drug-likeness (QED) is 0.631. The number of rotatable bonds is 7. The van der Waals surface area contributed by atoms with Crippen LogP contribution in [0.5, 0.6) is 5.75 Å². The van der Waals surface area contributed by atoms with Gasteiger partial charge >= 0.3 is 0 Å². The van der Waals surface area contributed by atoms with E-state index in [1.165, 1.54) is 18.3 Å². The molecule has 1 aromatic heterocycles. The summed E-state index contributed by atoms with van der Waals surface area (Å²) in [5, 5.41) is 3.19. The summed E-state index contributed by atoms with van der Waals surface area (Å²) in [6.45, 7) is 3.92. The Morgan fingerprint density at radius 3 is 2.30 bits per heavy atom. The first-order chi connectivity index (χ1) is 12.9. The molecule has 2 aromatic carbocycles. The number of pyridine rings is 1. The molecule has 0 saturated carbocycles. The largest absolute Gasteiger partial charge is 0.489 e. The number of nitrogens with one attached hydrogen (secondary N) is 2. The molecule has 0 aliphatic rings. The van der Waals surface area contributed by atoms with E-state index < -0.39 is 10.0 Å². The fourth-order valence-corrected chi connectivity index (χ4v) is 3.47. The second kappa shape index (κ2) is 8.09. The number of hydrogen-bond acceptors (Lipinski definition) is 5. The second-order valence-corrected chi connectivity index (χ2v) is 7.82. The lowest BCUT2D eigenvalue weighted by atomic mass is 10.3. The molecule has 27 heavy (non-hydrogen) atoms. The van der Waals surface area contributed by atoms with Crippen LogP contribution >= 0.6 is 0 Å². The predicted molar refractivity (Wildman–Crippen MR) is 107 cm³/mol.